The van der Waals surface area contributed by atoms with Crippen LogP contribution in [0.3, 0.4) is 0 Å². The van der Waals surface area contributed by atoms with Gasteiger partial charge in [0.1, 0.15) is 5.82 Å². The third kappa shape index (κ3) is 4.24. The van der Waals surface area contributed by atoms with Crippen LogP contribution in [0.5, 0.6) is 0 Å². The van der Waals surface area contributed by atoms with Crippen LogP contribution in [0.15, 0.2) is 12.3 Å². The minimum Gasteiger partial charge on any atom is -0.367 e. The summed E-state index contributed by atoms with van der Waals surface area (Å²) in [7, 11) is 0. The number of pyridine rings is 1. The minimum absolute atomic E-state index is 0.128. The average molecular weight is 248 g/mol. The van der Waals surface area contributed by atoms with Gasteiger partial charge in [-0.2, -0.15) is 0 Å². The van der Waals surface area contributed by atoms with E-state index in [1.807, 2.05) is 0 Å². The normalized spacial score (nSPS) is 12.5. The molecule has 0 spiro atoms. The lowest BCUT2D eigenvalue weighted by Gasteiger charge is -2.12. The zero-order valence-electron chi connectivity index (χ0n) is 8.63. The molecule has 84 valence electrons. The zero-order chi connectivity index (χ0) is 11.3. The van der Waals surface area contributed by atoms with Crippen molar-refractivity contribution in [3.05, 3.63) is 22.3 Å². The Morgan fingerprint density at radius 1 is 1.53 bits per heavy atom. The first-order valence-corrected chi connectivity index (χ1v) is 5.69. The minimum atomic E-state index is 0.128. The second-order valence-corrected chi connectivity index (χ2v) is 4.26. The first-order chi connectivity index (χ1) is 7.13. The Balaban J connectivity index is 2.50. The second kappa shape index (κ2) is 6.16. The molecule has 1 unspecified atom stereocenters. The Bertz CT molecular complexity index is 318. The summed E-state index contributed by atoms with van der Waals surface area (Å²) in [5.74, 6) is 0.632. The monoisotopic (exact) mass is 247 g/mol. The summed E-state index contributed by atoms with van der Waals surface area (Å²) >= 11 is 11.7. The molecule has 0 radical (unpaired) electrons. The van der Waals surface area contributed by atoms with E-state index in [0.29, 0.717) is 22.4 Å². The zero-order valence-corrected chi connectivity index (χ0v) is 10.1. The first-order valence-electron chi connectivity index (χ1n) is 4.94. The molecular weight excluding hydrogens is 233 g/mol. The molecule has 0 aliphatic rings. The van der Waals surface area contributed by atoms with E-state index in [2.05, 4.69) is 17.2 Å². The molecule has 1 aromatic rings. The highest BCUT2D eigenvalue weighted by atomic mass is 35.5. The van der Waals surface area contributed by atoms with Gasteiger partial charge < -0.3 is 11.1 Å². The van der Waals surface area contributed by atoms with Crippen molar-refractivity contribution in [1.82, 2.24) is 4.98 Å². The summed E-state index contributed by atoms with van der Waals surface area (Å²) in [5, 5.41) is 4.15. The number of hydrogen-bond acceptors (Lipinski definition) is 3. The molecule has 1 heterocycles. The van der Waals surface area contributed by atoms with Crippen molar-refractivity contribution in [2.24, 2.45) is 5.73 Å². The number of nitrogens with two attached hydrogens (primary N) is 1. The van der Waals surface area contributed by atoms with Gasteiger partial charge in [-0.05, 0) is 12.5 Å². The lowest BCUT2D eigenvalue weighted by atomic mass is 10.2. The van der Waals surface area contributed by atoms with Gasteiger partial charge in [0.05, 0.1) is 10.0 Å². The molecule has 0 amide bonds. The Hall–Kier alpha value is -0.510. The summed E-state index contributed by atoms with van der Waals surface area (Å²) < 4.78 is 0. The third-order valence-corrected chi connectivity index (χ3v) is 2.49. The van der Waals surface area contributed by atoms with Gasteiger partial charge in [-0.25, -0.2) is 4.98 Å². The number of nitrogens with zero attached hydrogens (tertiary/aromatic N) is 1. The molecule has 0 saturated carbocycles. The molecule has 0 aliphatic heterocycles. The standard InChI is InChI=1S/C10H15Cl2N3/c1-2-3-8(13)6-15-10-9(12)4-7(11)5-14-10/h4-5,8H,2-3,6,13H2,1H3,(H,14,15). The molecule has 0 saturated heterocycles. The van der Waals surface area contributed by atoms with Gasteiger partial charge in [0.15, 0.2) is 0 Å². The highest BCUT2D eigenvalue weighted by Gasteiger charge is 2.05. The summed E-state index contributed by atoms with van der Waals surface area (Å²) in [6.07, 6.45) is 3.62. The number of hydrogen-bond donors (Lipinski definition) is 2. The van der Waals surface area contributed by atoms with Crippen LogP contribution in [0, 0.1) is 0 Å². The molecule has 15 heavy (non-hydrogen) atoms. The number of anilines is 1. The van der Waals surface area contributed by atoms with Crippen LogP contribution in [0.1, 0.15) is 19.8 Å². The molecule has 1 aromatic heterocycles. The first kappa shape index (κ1) is 12.6. The molecule has 5 heteroatoms. The second-order valence-electron chi connectivity index (χ2n) is 3.41. The molecular formula is C10H15Cl2N3. The van der Waals surface area contributed by atoms with Gasteiger partial charge in [0, 0.05) is 18.8 Å². The van der Waals surface area contributed by atoms with Gasteiger partial charge in [0.25, 0.3) is 0 Å². The SMILES string of the molecule is CCCC(N)CNc1ncc(Cl)cc1Cl. The molecule has 3 N–H and O–H groups in total. The van der Waals surface area contributed by atoms with Crippen LogP contribution >= 0.6 is 23.2 Å². The van der Waals surface area contributed by atoms with E-state index in [9.17, 15) is 0 Å². The van der Waals surface area contributed by atoms with Crippen molar-refractivity contribution < 1.29 is 0 Å². The Labute approximate surface area is 100.0 Å². The highest BCUT2D eigenvalue weighted by molar-refractivity contribution is 6.35. The van der Waals surface area contributed by atoms with Crippen LogP contribution < -0.4 is 11.1 Å². The van der Waals surface area contributed by atoms with Crippen molar-refractivity contribution >= 4 is 29.0 Å². The van der Waals surface area contributed by atoms with Crippen LogP contribution in [-0.4, -0.2) is 17.6 Å². The fourth-order valence-corrected chi connectivity index (χ4v) is 1.69. The van der Waals surface area contributed by atoms with Gasteiger partial charge in [-0.3, -0.25) is 0 Å². The van der Waals surface area contributed by atoms with Crippen molar-refractivity contribution in [3.8, 4) is 0 Å². The number of halogens is 2. The predicted octanol–water partition coefficient (Wildman–Crippen LogP) is 2.93. The lowest BCUT2D eigenvalue weighted by Crippen LogP contribution is -2.29. The van der Waals surface area contributed by atoms with E-state index in [1.165, 1.54) is 0 Å². The number of aromatic nitrogens is 1. The van der Waals surface area contributed by atoms with Crippen molar-refractivity contribution in [2.45, 2.75) is 25.8 Å². The van der Waals surface area contributed by atoms with Crippen molar-refractivity contribution in [1.29, 1.82) is 0 Å². The Morgan fingerprint density at radius 3 is 2.87 bits per heavy atom. The van der Waals surface area contributed by atoms with Crippen LogP contribution in [0.4, 0.5) is 5.82 Å². The molecule has 1 atom stereocenters. The van der Waals surface area contributed by atoms with Gasteiger partial charge in [0.2, 0.25) is 0 Å². The van der Waals surface area contributed by atoms with E-state index in [1.54, 1.807) is 12.3 Å². The maximum Gasteiger partial charge on any atom is 0.144 e. The topological polar surface area (TPSA) is 50.9 Å². The van der Waals surface area contributed by atoms with E-state index in [4.69, 9.17) is 28.9 Å². The van der Waals surface area contributed by atoms with Gasteiger partial charge >= 0.3 is 0 Å². The van der Waals surface area contributed by atoms with E-state index < -0.39 is 0 Å². The van der Waals surface area contributed by atoms with Gasteiger partial charge in [-0.1, -0.05) is 36.5 Å². The number of rotatable bonds is 5. The number of nitrogens with one attached hydrogen (secondary N) is 1. The smallest absolute Gasteiger partial charge is 0.144 e. The molecule has 0 fully saturated rings. The third-order valence-electron chi connectivity index (χ3n) is 2.00. The maximum atomic E-state index is 5.94. The van der Waals surface area contributed by atoms with Crippen LogP contribution in [0.2, 0.25) is 10.0 Å². The molecule has 1 rings (SSSR count). The Morgan fingerprint density at radius 2 is 2.27 bits per heavy atom. The fraction of sp³-hybridized carbons (Fsp3) is 0.500. The quantitative estimate of drug-likeness (QED) is 0.842. The summed E-state index contributed by atoms with van der Waals surface area (Å²) in [6.45, 7) is 2.77. The van der Waals surface area contributed by atoms with Gasteiger partial charge in [-0.15, -0.1) is 0 Å². The molecule has 0 bridgehead atoms. The van der Waals surface area contributed by atoms with Crippen LogP contribution in [0.25, 0.3) is 0 Å². The molecule has 3 nitrogen and oxygen atoms in total. The van der Waals surface area contributed by atoms with E-state index in [-0.39, 0.29) is 6.04 Å². The highest BCUT2D eigenvalue weighted by Crippen LogP contribution is 2.22. The predicted molar refractivity (Wildman–Crippen MR) is 65.6 cm³/mol. The summed E-state index contributed by atoms with van der Waals surface area (Å²) in [6, 6.07) is 1.78. The Kier molecular flexibility index (Phi) is 5.15. The molecule has 0 aromatic carbocycles. The molecule has 0 aliphatic carbocycles. The van der Waals surface area contributed by atoms with E-state index in [0.717, 1.165) is 12.8 Å². The van der Waals surface area contributed by atoms with Crippen molar-refractivity contribution in [3.63, 3.8) is 0 Å². The fourth-order valence-electron chi connectivity index (χ4n) is 1.25. The average Bonchev–Trinajstić information content (AvgIpc) is 2.17. The lowest BCUT2D eigenvalue weighted by molar-refractivity contribution is 0.626. The van der Waals surface area contributed by atoms with Crippen LogP contribution in [-0.2, 0) is 0 Å². The summed E-state index contributed by atoms with van der Waals surface area (Å²) in [5.41, 5.74) is 5.85. The summed E-state index contributed by atoms with van der Waals surface area (Å²) in [4.78, 5) is 4.08. The van der Waals surface area contributed by atoms with E-state index >= 15 is 0 Å². The maximum absolute atomic E-state index is 5.94. The van der Waals surface area contributed by atoms with Crippen molar-refractivity contribution in [2.75, 3.05) is 11.9 Å². The largest absolute Gasteiger partial charge is 0.367 e.